The van der Waals surface area contributed by atoms with Crippen LogP contribution in [0.1, 0.15) is 51.9 Å². The van der Waals surface area contributed by atoms with Gasteiger partial charge in [-0.05, 0) is 25.7 Å². The molecule has 0 aromatic heterocycles. The molecular formula is C10H19NO. The lowest BCUT2D eigenvalue weighted by atomic mass is 9.84. The highest BCUT2D eigenvalue weighted by molar-refractivity contribution is 5.86. The zero-order valence-electron chi connectivity index (χ0n) is 7.92. The second-order valence-electron chi connectivity index (χ2n) is 3.68. The number of nitrogens with zero attached hydrogens (tertiary/aromatic N) is 1. The SMILES string of the molecule is CCCCC1CCCC/C1=N/O. The summed E-state index contributed by atoms with van der Waals surface area (Å²) in [4.78, 5) is 0. The standard InChI is InChI=1S/C10H19NO/c1-2-3-6-9-7-4-5-8-10(9)11-12/h9,12H,2-8H2,1H3/b11-10-. The zero-order valence-corrected chi connectivity index (χ0v) is 7.92. The van der Waals surface area contributed by atoms with Crippen LogP contribution in [0.4, 0.5) is 0 Å². The minimum absolute atomic E-state index is 0.587. The van der Waals surface area contributed by atoms with E-state index in [1.165, 1.54) is 38.5 Å². The number of rotatable bonds is 3. The summed E-state index contributed by atoms with van der Waals surface area (Å²) in [6, 6.07) is 0. The molecule has 12 heavy (non-hydrogen) atoms. The highest BCUT2D eigenvalue weighted by Gasteiger charge is 2.19. The van der Waals surface area contributed by atoms with Crippen molar-refractivity contribution in [3.05, 3.63) is 0 Å². The van der Waals surface area contributed by atoms with Crippen molar-refractivity contribution < 1.29 is 5.21 Å². The minimum Gasteiger partial charge on any atom is -0.411 e. The Labute approximate surface area is 74.7 Å². The van der Waals surface area contributed by atoms with E-state index in [0.29, 0.717) is 5.92 Å². The highest BCUT2D eigenvalue weighted by atomic mass is 16.4. The fourth-order valence-corrected chi connectivity index (χ4v) is 1.96. The van der Waals surface area contributed by atoms with E-state index in [1.54, 1.807) is 0 Å². The second kappa shape index (κ2) is 5.18. The molecule has 1 atom stereocenters. The van der Waals surface area contributed by atoms with E-state index in [-0.39, 0.29) is 0 Å². The van der Waals surface area contributed by atoms with Crippen molar-refractivity contribution in [2.24, 2.45) is 11.1 Å². The summed E-state index contributed by atoms with van der Waals surface area (Å²) >= 11 is 0. The summed E-state index contributed by atoms with van der Waals surface area (Å²) in [5.74, 6) is 0.587. The quantitative estimate of drug-likeness (QED) is 0.510. The van der Waals surface area contributed by atoms with Crippen LogP contribution >= 0.6 is 0 Å². The Hall–Kier alpha value is -0.530. The monoisotopic (exact) mass is 169 g/mol. The Morgan fingerprint density at radius 2 is 2.33 bits per heavy atom. The third-order valence-corrected chi connectivity index (χ3v) is 2.74. The first kappa shape index (κ1) is 9.56. The van der Waals surface area contributed by atoms with Crippen molar-refractivity contribution in [1.82, 2.24) is 0 Å². The summed E-state index contributed by atoms with van der Waals surface area (Å²) in [5, 5.41) is 12.1. The zero-order chi connectivity index (χ0) is 8.81. The Morgan fingerprint density at radius 3 is 3.00 bits per heavy atom. The van der Waals surface area contributed by atoms with Gasteiger partial charge in [-0.15, -0.1) is 0 Å². The molecule has 0 saturated heterocycles. The Kier molecular flexibility index (Phi) is 4.12. The molecule has 0 bridgehead atoms. The van der Waals surface area contributed by atoms with Crippen LogP contribution in [0.3, 0.4) is 0 Å². The summed E-state index contributed by atoms with van der Waals surface area (Å²) in [6.45, 7) is 2.21. The highest BCUT2D eigenvalue weighted by Crippen LogP contribution is 2.25. The summed E-state index contributed by atoms with van der Waals surface area (Å²) in [6.07, 6.45) is 8.51. The van der Waals surface area contributed by atoms with E-state index in [1.807, 2.05) is 0 Å². The maximum atomic E-state index is 8.75. The molecule has 0 aliphatic heterocycles. The number of oxime groups is 1. The van der Waals surface area contributed by atoms with Gasteiger partial charge in [-0.2, -0.15) is 0 Å². The van der Waals surface area contributed by atoms with Gasteiger partial charge in [-0.3, -0.25) is 0 Å². The predicted octanol–water partition coefficient (Wildman–Crippen LogP) is 3.20. The molecule has 1 unspecified atom stereocenters. The average molecular weight is 169 g/mol. The van der Waals surface area contributed by atoms with Crippen LogP contribution in [0, 0.1) is 5.92 Å². The molecule has 1 saturated carbocycles. The lowest BCUT2D eigenvalue weighted by Crippen LogP contribution is -2.19. The van der Waals surface area contributed by atoms with Crippen molar-refractivity contribution in [2.45, 2.75) is 51.9 Å². The van der Waals surface area contributed by atoms with Crippen molar-refractivity contribution in [3.8, 4) is 0 Å². The van der Waals surface area contributed by atoms with Crippen LogP contribution in [0.2, 0.25) is 0 Å². The molecule has 2 nitrogen and oxygen atoms in total. The van der Waals surface area contributed by atoms with Crippen LogP contribution in [-0.4, -0.2) is 10.9 Å². The molecule has 0 aromatic rings. The number of unbranched alkanes of at least 4 members (excludes halogenated alkanes) is 1. The van der Waals surface area contributed by atoms with Gasteiger partial charge in [0.25, 0.3) is 0 Å². The molecule has 2 heteroatoms. The molecule has 0 amide bonds. The molecule has 1 aliphatic rings. The molecule has 1 N–H and O–H groups in total. The number of hydrogen-bond acceptors (Lipinski definition) is 2. The second-order valence-corrected chi connectivity index (χ2v) is 3.68. The fourth-order valence-electron chi connectivity index (χ4n) is 1.96. The van der Waals surface area contributed by atoms with Gasteiger partial charge in [0.15, 0.2) is 0 Å². The smallest absolute Gasteiger partial charge is 0.0601 e. The van der Waals surface area contributed by atoms with Gasteiger partial charge in [0, 0.05) is 5.92 Å². The van der Waals surface area contributed by atoms with Gasteiger partial charge in [0.1, 0.15) is 0 Å². The summed E-state index contributed by atoms with van der Waals surface area (Å²) < 4.78 is 0. The van der Waals surface area contributed by atoms with Gasteiger partial charge in [0.05, 0.1) is 5.71 Å². The normalized spacial score (nSPS) is 27.8. The molecule has 0 aromatic carbocycles. The van der Waals surface area contributed by atoms with E-state index in [2.05, 4.69) is 12.1 Å². The van der Waals surface area contributed by atoms with Crippen LogP contribution in [0.25, 0.3) is 0 Å². The molecule has 1 rings (SSSR count). The molecule has 0 heterocycles. The maximum Gasteiger partial charge on any atom is 0.0601 e. The van der Waals surface area contributed by atoms with Crippen LogP contribution < -0.4 is 0 Å². The van der Waals surface area contributed by atoms with Gasteiger partial charge in [-0.1, -0.05) is 31.3 Å². The Bertz CT molecular complexity index is 154. The van der Waals surface area contributed by atoms with Crippen molar-refractivity contribution >= 4 is 5.71 Å². The third kappa shape index (κ3) is 2.50. The lowest BCUT2D eigenvalue weighted by molar-refractivity contribution is 0.307. The van der Waals surface area contributed by atoms with Gasteiger partial charge >= 0.3 is 0 Å². The molecule has 1 aliphatic carbocycles. The Balaban J connectivity index is 2.37. The largest absolute Gasteiger partial charge is 0.411 e. The molecule has 1 fully saturated rings. The lowest BCUT2D eigenvalue weighted by Gasteiger charge is -2.22. The first-order valence-electron chi connectivity index (χ1n) is 5.09. The number of hydrogen-bond donors (Lipinski definition) is 1. The Morgan fingerprint density at radius 1 is 1.50 bits per heavy atom. The minimum atomic E-state index is 0.587. The van der Waals surface area contributed by atoms with Crippen LogP contribution in [-0.2, 0) is 0 Å². The van der Waals surface area contributed by atoms with Gasteiger partial charge < -0.3 is 5.21 Å². The van der Waals surface area contributed by atoms with Crippen molar-refractivity contribution in [2.75, 3.05) is 0 Å². The van der Waals surface area contributed by atoms with E-state index < -0.39 is 0 Å². The summed E-state index contributed by atoms with van der Waals surface area (Å²) in [7, 11) is 0. The van der Waals surface area contributed by atoms with Crippen molar-refractivity contribution in [1.29, 1.82) is 0 Å². The first-order valence-corrected chi connectivity index (χ1v) is 5.09. The summed E-state index contributed by atoms with van der Waals surface area (Å²) in [5.41, 5.74) is 1.05. The topological polar surface area (TPSA) is 32.6 Å². The van der Waals surface area contributed by atoms with Crippen molar-refractivity contribution in [3.63, 3.8) is 0 Å². The molecule has 70 valence electrons. The van der Waals surface area contributed by atoms with Gasteiger partial charge in [-0.25, -0.2) is 0 Å². The first-order chi connectivity index (χ1) is 5.88. The molecule has 0 radical (unpaired) electrons. The van der Waals surface area contributed by atoms with E-state index in [0.717, 1.165) is 12.1 Å². The van der Waals surface area contributed by atoms with Crippen LogP contribution in [0.15, 0.2) is 5.16 Å². The average Bonchev–Trinajstić information content (AvgIpc) is 2.15. The van der Waals surface area contributed by atoms with E-state index in [4.69, 9.17) is 5.21 Å². The predicted molar refractivity (Wildman–Crippen MR) is 50.7 cm³/mol. The van der Waals surface area contributed by atoms with Crippen LogP contribution in [0.5, 0.6) is 0 Å². The molecular weight excluding hydrogens is 150 g/mol. The molecule has 0 spiro atoms. The van der Waals surface area contributed by atoms with E-state index >= 15 is 0 Å². The fraction of sp³-hybridized carbons (Fsp3) is 0.900. The maximum absolute atomic E-state index is 8.75. The van der Waals surface area contributed by atoms with Gasteiger partial charge in [0.2, 0.25) is 0 Å². The third-order valence-electron chi connectivity index (χ3n) is 2.74. The van der Waals surface area contributed by atoms with E-state index in [9.17, 15) is 0 Å².